The fraction of sp³-hybridized carbons (Fsp3) is 0.333. The van der Waals surface area contributed by atoms with Crippen LogP contribution < -0.4 is 0 Å². The lowest BCUT2D eigenvalue weighted by Crippen LogP contribution is -2.03. The topological polar surface area (TPSA) is 29.5 Å². The molecule has 0 spiro atoms. The summed E-state index contributed by atoms with van der Waals surface area (Å²) in [5.74, 6) is -0.379. The molecule has 1 unspecified atom stereocenters. The Morgan fingerprint density at radius 3 is 2.86 bits per heavy atom. The summed E-state index contributed by atoms with van der Waals surface area (Å²) in [6, 6.07) is 4.26. The Morgan fingerprint density at radius 1 is 1.57 bits per heavy atom. The smallest absolute Gasteiger partial charge is 0.129 e. The van der Waals surface area contributed by atoms with Crippen LogP contribution in [0.25, 0.3) is 0 Å². The van der Waals surface area contributed by atoms with Crippen molar-refractivity contribution in [3.8, 4) is 0 Å². The highest BCUT2D eigenvalue weighted by molar-refractivity contribution is 7.09. The van der Waals surface area contributed by atoms with E-state index in [1.54, 1.807) is 0 Å². The van der Waals surface area contributed by atoms with Crippen molar-refractivity contribution in [3.63, 3.8) is 0 Å². The lowest BCUT2D eigenvalue weighted by Gasteiger charge is -2.14. The minimum absolute atomic E-state index is 0.0645. The van der Waals surface area contributed by atoms with Gasteiger partial charge in [0.25, 0.3) is 0 Å². The molecule has 0 fully saturated rings. The first-order valence-electron chi connectivity index (χ1n) is 4.10. The van der Waals surface area contributed by atoms with E-state index in [1.165, 1.54) is 18.2 Å². The van der Waals surface area contributed by atoms with Crippen LogP contribution in [0, 0.1) is 5.82 Å². The summed E-state index contributed by atoms with van der Waals surface area (Å²) >= 11 is 5.73. The normalized spacial score (nSPS) is 12.9. The van der Waals surface area contributed by atoms with Gasteiger partial charge in [-0.15, -0.1) is 0 Å². The van der Waals surface area contributed by atoms with Crippen molar-refractivity contribution in [2.24, 2.45) is 0 Å². The van der Waals surface area contributed by atoms with Crippen molar-refractivity contribution >= 4 is 21.1 Å². The first-order valence-corrected chi connectivity index (χ1v) is 4.95. The zero-order valence-electron chi connectivity index (χ0n) is 7.41. The summed E-state index contributed by atoms with van der Waals surface area (Å²) in [4.78, 5) is 0. The standard InChI is InChI=1S/C9H11ClFO2P/c10-6-1-2-8(11)7(5-6)9(13-14)3-4-12/h1-2,5,9,12H,3-4,14H2/t9-/m1/s1. The molecule has 2 nitrogen and oxygen atoms in total. The van der Waals surface area contributed by atoms with Gasteiger partial charge in [-0.25, -0.2) is 4.39 Å². The number of aliphatic hydroxyl groups is 1. The lowest BCUT2D eigenvalue weighted by atomic mass is 10.1. The molecule has 0 heterocycles. The Kier molecular flexibility index (Phi) is 4.76. The molecule has 2 atom stereocenters. The van der Waals surface area contributed by atoms with Crippen LogP contribution in [-0.4, -0.2) is 11.7 Å². The van der Waals surface area contributed by atoms with Gasteiger partial charge >= 0.3 is 0 Å². The molecule has 1 rings (SSSR count). The fourth-order valence-electron chi connectivity index (χ4n) is 1.18. The quantitative estimate of drug-likeness (QED) is 0.815. The van der Waals surface area contributed by atoms with Crippen LogP contribution in [0.4, 0.5) is 4.39 Å². The molecule has 0 saturated carbocycles. The Labute approximate surface area is 89.3 Å². The number of hydrogen-bond acceptors (Lipinski definition) is 2. The second-order valence-corrected chi connectivity index (χ2v) is 3.51. The molecule has 0 aromatic heterocycles. The summed E-state index contributed by atoms with van der Waals surface area (Å²) in [6.07, 6.45) is -0.149. The number of aliphatic hydroxyl groups excluding tert-OH is 1. The van der Waals surface area contributed by atoms with E-state index in [2.05, 4.69) is 9.47 Å². The van der Waals surface area contributed by atoms with Crippen LogP contribution in [0.2, 0.25) is 5.02 Å². The number of hydrogen-bond donors (Lipinski definition) is 1. The highest BCUT2D eigenvalue weighted by atomic mass is 35.5. The van der Waals surface area contributed by atoms with Crippen molar-refractivity contribution in [1.82, 2.24) is 0 Å². The molecule has 5 heteroatoms. The summed E-state index contributed by atoms with van der Waals surface area (Å²) < 4.78 is 18.3. The van der Waals surface area contributed by atoms with E-state index in [4.69, 9.17) is 21.2 Å². The molecule has 0 bridgehead atoms. The predicted octanol–water partition coefficient (Wildman–Crippen LogP) is 2.71. The van der Waals surface area contributed by atoms with E-state index < -0.39 is 6.10 Å². The largest absolute Gasteiger partial charge is 0.396 e. The Balaban J connectivity index is 2.96. The van der Waals surface area contributed by atoms with Gasteiger partial charge in [0.05, 0.1) is 6.10 Å². The third-order valence-electron chi connectivity index (χ3n) is 1.86. The van der Waals surface area contributed by atoms with Gasteiger partial charge in [-0.05, 0) is 18.2 Å². The lowest BCUT2D eigenvalue weighted by molar-refractivity contribution is 0.175. The Bertz CT molecular complexity index is 309. The molecule has 0 amide bonds. The first kappa shape index (κ1) is 11.9. The molecule has 0 saturated heterocycles. The van der Waals surface area contributed by atoms with E-state index in [0.29, 0.717) is 17.0 Å². The zero-order chi connectivity index (χ0) is 10.6. The van der Waals surface area contributed by atoms with Crippen LogP contribution in [0.3, 0.4) is 0 Å². The molecule has 0 aliphatic rings. The number of rotatable bonds is 4. The maximum Gasteiger partial charge on any atom is 0.129 e. The van der Waals surface area contributed by atoms with Crippen molar-refractivity contribution in [3.05, 3.63) is 34.6 Å². The van der Waals surface area contributed by atoms with E-state index in [9.17, 15) is 4.39 Å². The van der Waals surface area contributed by atoms with Crippen LogP contribution in [-0.2, 0) is 4.52 Å². The van der Waals surface area contributed by atoms with Crippen LogP contribution in [0.15, 0.2) is 18.2 Å². The van der Waals surface area contributed by atoms with E-state index in [0.717, 1.165) is 0 Å². The maximum atomic E-state index is 13.3. The van der Waals surface area contributed by atoms with Crippen LogP contribution in [0.5, 0.6) is 0 Å². The summed E-state index contributed by atoms with van der Waals surface area (Å²) in [5.41, 5.74) is 0.363. The second-order valence-electron chi connectivity index (χ2n) is 2.80. The minimum atomic E-state index is -0.483. The van der Waals surface area contributed by atoms with Gasteiger partial charge in [-0.1, -0.05) is 11.6 Å². The van der Waals surface area contributed by atoms with Gasteiger partial charge in [0.2, 0.25) is 0 Å². The molecule has 1 aromatic carbocycles. The van der Waals surface area contributed by atoms with Gasteiger partial charge < -0.3 is 9.63 Å². The highest BCUT2D eigenvalue weighted by Gasteiger charge is 2.14. The second kappa shape index (κ2) is 5.62. The Hall–Kier alpha value is -0.210. The van der Waals surface area contributed by atoms with Crippen molar-refractivity contribution in [2.75, 3.05) is 6.61 Å². The summed E-state index contributed by atoms with van der Waals surface area (Å²) in [6.45, 7) is -0.0645. The number of benzene rings is 1. The Morgan fingerprint density at radius 2 is 2.29 bits per heavy atom. The SMILES string of the molecule is OCC[C@@H](OP)c1cc(Cl)ccc1F. The average molecular weight is 237 g/mol. The van der Waals surface area contributed by atoms with Crippen LogP contribution in [0.1, 0.15) is 18.1 Å². The third kappa shape index (κ3) is 2.89. The average Bonchev–Trinajstić information content (AvgIpc) is 2.18. The van der Waals surface area contributed by atoms with Gasteiger partial charge in [0.15, 0.2) is 0 Å². The van der Waals surface area contributed by atoms with Gasteiger partial charge in [-0.3, -0.25) is 0 Å². The molecule has 1 aromatic rings. The molecule has 78 valence electrons. The maximum absolute atomic E-state index is 13.3. The van der Waals surface area contributed by atoms with E-state index >= 15 is 0 Å². The molecular formula is C9H11ClFO2P. The van der Waals surface area contributed by atoms with Crippen molar-refractivity contribution < 1.29 is 14.0 Å². The monoisotopic (exact) mass is 236 g/mol. The van der Waals surface area contributed by atoms with Gasteiger partial charge in [0, 0.05) is 33.1 Å². The molecule has 14 heavy (non-hydrogen) atoms. The third-order valence-corrected chi connectivity index (χ3v) is 2.42. The fourth-order valence-corrected chi connectivity index (χ4v) is 1.64. The van der Waals surface area contributed by atoms with E-state index in [-0.39, 0.29) is 12.4 Å². The minimum Gasteiger partial charge on any atom is -0.396 e. The zero-order valence-corrected chi connectivity index (χ0v) is 9.32. The summed E-state index contributed by atoms with van der Waals surface area (Å²) in [7, 11) is 2.06. The molecule has 0 aliphatic heterocycles. The molecule has 1 N–H and O–H groups in total. The molecule has 0 radical (unpaired) electrons. The molecule has 0 aliphatic carbocycles. The predicted molar refractivity (Wildman–Crippen MR) is 56.6 cm³/mol. The van der Waals surface area contributed by atoms with Gasteiger partial charge in [0.1, 0.15) is 5.82 Å². The number of halogens is 2. The van der Waals surface area contributed by atoms with Crippen molar-refractivity contribution in [2.45, 2.75) is 12.5 Å². The first-order chi connectivity index (χ1) is 6.69. The van der Waals surface area contributed by atoms with Gasteiger partial charge in [-0.2, -0.15) is 0 Å². The highest BCUT2D eigenvalue weighted by Crippen LogP contribution is 2.27. The molecular weight excluding hydrogens is 226 g/mol. The van der Waals surface area contributed by atoms with Crippen LogP contribution >= 0.6 is 21.1 Å². The summed E-state index contributed by atoms with van der Waals surface area (Å²) in [5, 5.41) is 9.19. The van der Waals surface area contributed by atoms with E-state index in [1.807, 2.05) is 0 Å². The van der Waals surface area contributed by atoms with Crippen molar-refractivity contribution in [1.29, 1.82) is 0 Å².